The van der Waals surface area contributed by atoms with Crippen molar-refractivity contribution in [3.05, 3.63) is 22.1 Å². The largest absolute Gasteiger partial charge is 0.300 e. The highest BCUT2D eigenvalue weighted by Crippen LogP contribution is 2.26. The van der Waals surface area contributed by atoms with Gasteiger partial charge in [0.15, 0.2) is 0 Å². The van der Waals surface area contributed by atoms with Gasteiger partial charge in [0.25, 0.3) is 5.56 Å². The van der Waals surface area contributed by atoms with Crippen LogP contribution in [0.4, 0.5) is 0 Å². The highest BCUT2D eigenvalue weighted by molar-refractivity contribution is 5.77. The quantitative estimate of drug-likeness (QED) is 0.848. The van der Waals surface area contributed by atoms with E-state index in [1.807, 2.05) is 0 Å². The third kappa shape index (κ3) is 2.43. The molecule has 1 aromatic rings. The van der Waals surface area contributed by atoms with Crippen molar-refractivity contribution < 1.29 is 4.79 Å². The molecule has 0 saturated heterocycles. The first-order chi connectivity index (χ1) is 7.66. The Balaban J connectivity index is 2.17. The molecule has 1 aromatic heterocycles. The smallest absolute Gasteiger partial charge is 0.266 e. The van der Waals surface area contributed by atoms with Crippen LogP contribution >= 0.6 is 0 Å². The zero-order valence-corrected chi connectivity index (χ0v) is 9.66. The van der Waals surface area contributed by atoms with E-state index in [-0.39, 0.29) is 11.3 Å². The highest BCUT2D eigenvalue weighted by atomic mass is 16.1. The Kier molecular flexibility index (Phi) is 3.27. The van der Waals surface area contributed by atoms with E-state index in [4.69, 9.17) is 0 Å². The zero-order chi connectivity index (χ0) is 11.5. The fourth-order valence-electron chi connectivity index (χ4n) is 2.43. The predicted molar refractivity (Wildman–Crippen MR) is 61.6 cm³/mol. The number of nitrogens with zero attached hydrogens (tertiary/aromatic N) is 1. The molecule has 88 valence electrons. The normalized spacial score (nSPS) is 17.6. The van der Waals surface area contributed by atoms with Gasteiger partial charge < -0.3 is 0 Å². The van der Waals surface area contributed by atoms with Gasteiger partial charge in [-0.1, -0.05) is 19.3 Å². The molecule has 0 aromatic carbocycles. The number of hydrogen-bond acceptors (Lipinski definition) is 2. The summed E-state index contributed by atoms with van der Waals surface area (Å²) in [4.78, 5) is 22.7. The maximum absolute atomic E-state index is 11.7. The van der Waals surface area contributed by atoms with E-state index in [9.17, 15) is 9.59 Å². The molecule has 0 bridgehead atoms. The number of rotatable bonds is 3. The van der Waals surface area contributed by atoms with Crippen molar-refractivity contribution in [1.29, 1.82) is 0 Å². The Bertz CT molecular complexity index is 424. The van der Waals surface area contributed by atoms with E-state index in [2.05, 4.69) is 5.10 Å². The van der Waals surface area contributed by atoms with Crippen molar-refractivity contribution in [3.63, 3.8) is 0 Å². The summed E-state index contributed by atoms with van der Waals surface area (Å²) in [5.41, 5.74) is 0.742. The average Bonchev–Trinajstić information content (AvgIpc) is 2.60. The van der Waals surface area contributed by atoms with Crippen molar-refractivity contribution in [3.8, 4) is 0 Å². The second-order valence-corrected chi connectivity index (χ2v) is 4.66. The number of ketones is 1. The summed E-state index contributed by atoms with van der Waals surface area (Å²) in [7, 11) is 0. The molecule has 1 N–H and O–H groups in total. The number of nitrogens with one attached hydrogen (secondary N) is 1. The lowest BCUT2D eigenvalue weighted by Gasteiger charge is -2.21. The summed E-state index contributed by atoms with van der Waals surface area (Å²) in [5.74, 6) is 0.0806. The Morgan fingerprint density at radius 1 is 1.44 bits per heavy atom. The first-order valence-electron chi connectivity index (χ1n) is 5.96. The van der Waals surface area contributed by atoms with Gasteiger partial charge in [0, 0.05) is 18.2 Å². The summed E-state index contributed by atoms with van der Waals surface area (Å²) < 4.78 is 1.71. The van der Waals surface area contributed by atoms with Gasteiger partial charge in [-0.3, -0.25) is 14.7 Å². The van der Waals surface area contributed by atoms with Gasteiger partial charge >= 0.3 is 0 Å². The Morgan fingerprint density at radius 3 is 2.75 bits per heavy atom. The van der Waals surface area contributed by atoms with E-state index in [0.717, 1.165) is 18.5 Å². The van der Waals surface area contributed by atoms with Gasteiger partial charge in [-0.25, -0.2) is 4.68 Å². The van der Waals surface area contributed by atoms with Crippen LogP contribution in [-0.4, -0.2) is 15.6 Å². The van der Waals surface area contributed by atoms with Crippen LogP contribution in [0.2, 0.25) is 0 Å². The van der Waals surface area contributed by atoms with Gasteiger partial charge in [-0.15, -0.1) is 0 Å². The van der Waals surface area contributed by atoms with E-state index in [1.165, 1.54) is 26.2 Å². The van der Waals surface area contributed by atoms with Crippen molar-refractivity contribution >= 4 is 5.78 Å². The van der Waals surface area contributed by atoms with Crippen LogP contribution in [0.1, 0.15) is 50.8 Å². The van der Waals surface area contributed by atoms with Crippen molar-refractivity contribution in [1.82, 2.24) is 9.78 Å². The molecule has 2 rings (SSSR count). The van der Waals surface area contributed by atoms with Crippen LogP contribution in [-0.2, 0) is 11.2 Å². The summed E-state index contributed by atoms with van der Waals surface area (Å²) in [6, 6.07) is 1.86. The molecule has 0 radical (unpaired) electrons. The van der Waals surface area contributed by atoms with Gasteiger partial charge in [0.1, 0.15) is 5.78 Å². The number of carbonyl (C=O) groups excluding carboxylic acids is 1. The van der Waals surface area contributed by atoms with Gasteiger partial charge in [-0.05, 0) is 19.8 Å². The fraction of sp³-hybridized carbons (Fsp3) is 0.667. The van der Waals surface area contributed by atoms with Crippen molar-refractivity contribution in [2.45, 2.75) is 51.5 Å². The summed E-state index contributed by atoms with van der Waals surface area (Å²) in [5, 5.41) is 3.07. The number of Topliss-reactive ketones (excluding diaryl/α,β-unsaturated/α-hetero) is 1. The standard InChI is InChI=1S/C12H18N2O2/c1-9(15)7-10-8-12(16)14(13-10)11-5-3-2-4-6-11/h8,11,13H,2-7H2,1H3. The molecule has 0 atom stereocenters. The summed E-state index contributed by atoms with van der Waals surface area (Å²) in [6.45, 7) is 1.54. The molecule has 0 unspecified atom stereocenters. The molecular weight excluding hydrogens is 204 g/mol. The molecule has 1 heterocycles. The van der Waals surface area contributed by atoms with Gasteiger partial charge in [0.2, 0.25) is 0 Å². The monoisotopic (exact) mass is 222 g/mol. The predicted octanol–water partition coefficient (Wildman–Crippen LogP) is 1.81. The number of H-pyrrole nitrogens is 1. The lowest BCUT2D eigenvalue weighted by molar-refractivity contribution is -0.116. The molecule has 0 amide bonds. The fourth-order valence-corrected chi connectivity index (χ4v) is 2.43. The number of carbonyl (C=O) groups is 1. The first-order valence-corrected chi connectivity index (χ1v) is 5.96. The zero-order valence-electron chi connectivity index (χ0n) is 9.66. The topological polar surface area (TPSA) is 54.9 Å². The third-order valence-electron chi connectivity index (χ3n) is 3.18. The molecule has 16 heavy (non-hydrogen) atoms. The maximum atomic E-state index is 11.7. The molecule has 1 saturated carbocycles. The Morgan fingerprint density at radius 2 is 2.12 bits per heavy atom. The molecule has 1 aliphatic carbocycles. The minimum atomic E-state index is 0.00292. The highest BCUT2D eigenvalue weighted by Gasteiger charge is 2.18. The van der Waals surface area contributed by atoms with E-state index in [1.54, 1.807) is 10.7 Å². The maximum Gasteiger partial charge on any atom is 0.266 e. The van der Waals surface area contributed by atoms with Crippen molar-refractivity contribution in [2.24, 2.45) is 0 Å². The first kappa shape index (κ1) is 11.2. The lowest BCUT2D eigenvalue weighted by Crippen LogP contribution is -2.23. The number of aromatic nitrogens is 2. The Hall–Kier alpha value is -1.32. The van der Waals surface area contributed by atoms with Crippen molar-refractivity contribution in [2.75, 3.05) is 0 Å². The average molecular weight is 222 g/mol. The minimum Gasteiger partial charge on any atom is -0.300 e. The summed E-state index contributed by atoms with van der Waals surface area (Å²) in [6.07, 6.45) is 6.12. The molecule has 1 aliphatic rings. The summed E-state index contributed by atoms with van der Waals surface area (Å²) >= 11 is 0. The van der Waals surface area contributed by atoms with Crippen LogP contribution in [0.5, 0.6) is 0 Å². The number of aromatic amines is 1. The van der Waals surface area contributed by atoms with Gasteiger partial charge in [-0.2, -0.15) is 0 Å². The van der Waals surface area contributed by atoms with Crippen LogP contribution in [0.15, 0.2) is 10.9 Å². The SMILES string of the molecule is CC(=O)Cc1cc(=O)n(C2CCCCC2)[nH]1. The molecular formula is C12H18N2O2. The van der Waals surface area contributed by atoms with Crippen LogP contribution in [0, 0.1) is 0 Å². The third-order valence-corrected chi connectivity index (χ3v) is 3.18. The minimum absolute atomic E-state index is 0.00292. The van der Waals surface area contributed by atoms with Crippen LogP contribution in [0.3, 0.4) is 0 Å². The van der Waals surface area contributed by atoms with Crippen LogP contribution in [0.25, 0.3) is 0 Å². The second-order valence-electron chi connectivity index (χ2n) is 4.66. The molecule has 4 heteroatoms. The molecule has 0 spiro atoms. The molecule has 4 nitrogen and oxygen atoms in total. The lowest BCUT2D eigenvalue weighted by atomic mass is 9.96. The van der Waals surface area contributed by atoms with Crippen LogP contribution < -0.4 is 5.56 Å². The van der Waals surface area contributed by atoms with E-state index >= 15 is 0 Å². The molecule has 0 aliphatic heterocycles. The second kappa shape index (κ2) is 4.68. The van der Waals surface area contributed by atoms with Gasteiger partial charge in [0.05, 0.1) is 6.04 Å². The Labute approximate surface area is 94.6 Å². The number of hydrogen-bond donors (Lipinski definition) is 1. The molecule has 1 fully saturated rings. The van der Waals surface area contributed by atoms with E-state index in [0.29, 0.717) is 12.5 Å². The van der Waals surface area contributed by atoms with E-state index < -0.39 is 0 Å².